The number of anilines is 1. The Labute approximate surface area is 114 Å². The number of rotatable bonds is 1. The van der Waals surface area contributed by atoms with Gasteiger partial charge in [-0.2, -0.15) is 18.4 Å². The maximum Gasteiger partial charge on any atom is 0.417 e. The molecule has 108 valence electrons. The maximum absolute atomic E-state index is 12.8. The second-order valence-corrected chi connectivity index (χ2v) is 4.86. The summed E-state index contributed by atoms with van der Waals surface area (Å²) in [6.07, 6.45) is -3.70. The fourth-order valence-corrected chi connectivity index (χ4v) is 2.35. The second-order valence-electron chi connectivity index (χ2n) is 4.86. The number of aliphatic hydroxyl groups is 1. The summed E-state index contributed by atoms with van der Waals surface area (Å²) in [5.74, 6) is 0.376. The van der Waals surface area contributed by atoms with Gasteiger partial charge < -0.3 is 10.0 Å². The van der Waals surface area contributed by atoms with Gasteiger partial charge >= 0.3 is 6.18 Å². The minimum absolute atomic E-state index is 0.0156. The molecule has 4 nitrogen and oxygen atoms in total. The summed E-state index contributed by atoms with van der Waals surface area (Å²) in [6, 6.07) is 5.15. The van der Waals surface area contributed by atoms with Crippen molar-refractivity contribution in [2.45, 2.75) is 31.0 Å². The van der Waals surface area contributed by atoms with Crippen LogP contribution in [-0.4, -0.2) is 35.0 Å². The number of hydrogen-bond donors (Lipinski definition) is 1. The molecule has 1 unspecified atom stereocenters. The molecule has 7 heteroatoms. The molecule has 20 heavy (non-hydrogen) atoms. The van der Waals surface area contributed by atoms with Crippen molar-refractivity contribution in [3.8, 4) is 6.07 Å². The van der Waals surface area contributed by atoms with Crippen LogP contribution in [0.2, 0.25) is 0 Å². The zero-order valence-electron chi connectivity index (χ0n) is 10.7. The molecule has 0 spiro atoms. The minimum Gasteiger partial charge on any atom is -0.380 e. The minimum atomic E-state index is -4.63. The third-order valence-electron chi connectivity index (χ3n) is 3.55. The van der Waals surface area contributed by atoms with E-state index in [2.05, 4.69) is 4.98 Å². The highest BCUT2D eigenvalue weighted by atomic mass is 19.4. The number of nitriles is 1. The number of aromatic nitrogens is 1. The highest BCUT2D eigenvalue weighted by Crippen LogP contribution is 2.38. The Balaban J connectivity index is 2.21. The summed E-state index contributed by atoms with van der Waals surface area (Å²) in [5, 5.41) is 18.7. The third kappa shape index (κ3) is 2.70. The first-order valence-corrected chi connectivity index (χ1v) is 6.26. The van der Waals surface area contributed by atoms with E-state index in [0.29, 0.717) is 17.9 Å². The van der Waals surface area contributed by atoms with Gasteiger partial charge in [0.15, 0.2) is 5.60 Å². The molecule has 0 bridgehead atoms. The number of halogens is 3. The molecule has 1 fully saturated rings. The molecule has 2 rings (SSSR count). The zero-order chi connectivity index (χ0) is 14.8. The first-order chi connectivity index (χ1) is 9.37. The normalized spacial score (nSPS) is 24.1. The Bertz CT molecular complexity index is 526. The molecule has 1 atom stereocenters. The summed E-state index contributed by atoms with van der Waals surface area (Å²) in [5.41, 5.74) is -2.33. The molecule has 0 saturated carbocycles. The van der Waals surface area contributed by atoms with Crippen LogP contribution in [0.1, 0.15) is 24.8 Å². The first-order valence-electron chi connectivity index (χ1n) is 6.26. The van der Waals surface area contributed by atoms with Gasteiger partial charge in [0, 0.05) is 25.7 Å². The lowest BCUT2D eigenvalue weighted by atomic mass is 9.94. The van der Waals surface area contributed by atoms with Crippen molar-refractivity contribution in [2.75, 3.05) is 18.0 Å². The van der Waals surface area contributed by atoms with Crippen LogP contribution in [0.5, 0.6) is 0 Å². The van der Waals surface area contributed by atoms with Crippen LogP contribution in [0.15, 0.2) is 18.3 Å². The van der Waals surface area contributed by atoms with E-state index in [9.17, 15) is 18.3 Å². The summed E-state index contributed by atoms with van der Waals surface area (Å²) in [7, 11) is 0. The van der Waals surface area contributed by atoms with Crippen LogP contribution in [0.3, 0.4) is 0 Å². The maximum atomic E-state index is 12.8. The molecule has 1 N–H and O–H groups in total. The van der Waals surface area contributed by atoms with Gasteiger partial charge in [-0.3, -0.25) is 0 Å². The molecule has 0 radical (unpaired) electrons. The predicted octanol–water partition coefficient (Wildman–Crippen LogP) is 2.24. The molecular formula is C13H14F3N3O. The fourth-order valence-electron chi connectivity index (χ4n) is 2.35. The molecule has 1 aliphatic heterocycles. The lowest BCUT2D eigenvalue weighted by Gasteiger charge is -2.29. The van der Waals surface area contributed by atoms with Crippen LogP contribution in [-0.2, 0) is 0 Å². The standard InChI is InChI=1S/C13H14F3N3O/c14-13(15,16)12(20)4-2-7-19(8-5-12)11-10(9-17)3-1-6-18-11/h1,3,6,20H,2,4-5,7-8H2. The van der Waals surface area contributed by atoms with Gasteiger partial charge in [-0.25, -0.2) is 4.98 Å². The van der Waals surface area contributed by atoms with E-state index in [1.807, 2.05) is 6.07 Å². The molecular weight excluding hydrogens is 271 g/mol. The van der Waals surface area contributed by atoms with Crippen molar-refractivity contribution in [1.29, 1.82) is 5.26 Å². The van der Waals surface area contributed by atoms with E-state index in [0.717, 1.165) is 0 Å². The lowest BCUT2D eigenvalue weighted by molar-refractivity contribution is -0.263. The molecule has 1 aliphatic rings. The average Bonchev–Trinajstić information content (AvgIpc) is 2.61. The number of nitrogens with zero attached hydrogens (tertiary/aromatic N) is 3. The van der Waals surface area contributed by atoms with Gasteiger partial charge in [0.1, 0.15) is 11.9 Å². The quantitative estimate of drug-likeness (QED) is 0.859. The van der Waals surface area contributed by atoms with Gasteiger partial charge in [0.25, 0.3) is 0 Å². The summed E-state index contributed by atoms with van der Waals surface area (Å²) in [4.78, 5) is 5.69. The Morgan fingerprint density at radius 3 is 2.75 bits per heavy atom. The summed E-state index contributed by atoms with van der Waals surface area (Å²) >= 11 is 0. The van der Waals surface area contributed by atoms with E-state index in [4.69, 9.17) is 5.26 Å². The van der Waals surface area contributed by atoms with E-state index < -0.39 is 18.2 Å². The zero-order valence-corrected chi connectivity index (χ0v) is 10.7. The SMILES string of the molecule is N#Cc1cccnc1N1CCCC(O)(C(F)(F)F)CC1. The second kappa shape index (κ2) is 5.29. The average molecular weight is 285 g/mol. The molecule has 1 aromatic rings. The molecule has 2 heterocycles. The van der Waals surface area contributed by atoms with Gasteiger partial charge in [-0.15, -0.1) is 0 Å². The Morgan fingerprint density at radius 1 is 1.35 bits per heavy atom. The molecule has 0 aromatic carbocycles. The number of hydrogen-bond acceptors (Lipinski definition) is 4. The van der Waals surface area contributed by atoms with Crippen molar-refractivity contribution in [1.82, 2.24) is 4.98 Å². The number of alkyl halides is 3. The Kier molecular flexibility index (Phi) is 3.86. The topological polar surface area (TPSA) is 60.2 Å². The summed E-state index contributed by atoms with van der Waals surface area (Å²) < 4.78 is 38.5. The smallest absolute Gasteiger partial charge is 0.380 e. The van der Waals surface area contributed by atoms with Gasteiger partial charge in [0.05, 0.1) is 5.56 Å². The summed E-state index contributed by atoms with van der Waals surface area (Å²) in [6.45, 7) is 0.353. The monoisotopic (exact) mass is 285 g/mol. The third-order valence-corrected chi connectivity index (χ3v) is 3.55. The largest absolute Gasteiger partial charge is 0.417 e. The number of pyridine rings is 1. The van der Waals surface area contributed by atoms with Gasteiger partial charge in [-0.1, -0.05) is 0 Å². The van der Waals surface area contributed by atoms with Crippen molar-refractivity contribution in [2.24, 2.45) is 0 Å². The van der Waals surface area contributed by atoms with Crippen LogP contribution in [0, 0.1) is 11.3 Å². The van der Waals surface area contributed by atoms with E-state index in [-0.39, 0.29) is 19.4 Å². The van der Waals surface area contributed by atoms with E-state index >= 15 is 0 Å². The van der Waals surface area contributed by atoms with Crippen LogP contribution in [0.4, 0.5) is 19.0 Å². The van der Waals surface area contributed by atoms with Crippen molar-refractivity contribution < 1.29 is 18.3 Å². The van der Waals surface area contributed by atoms with Crippen molar-refractivity contribution in [3.05, 3.63) is 23.9 Å². The molecule has 0 aliphatic carbocycles. The van der Waals surface area contributed by atoms with Gasteiger partial charge in [-0.05, 0) is 25.0 Å². The Hall–Kier alpha value is -1.81. The van der Waals surface area contributed by atoms with E-state index in [1.54, 1.807) is 17.0 Å². The van der Waals surface area contributed by atoms with Crippen LogP contribution < -0.4 is 4.90 Å². The fraction of sp³-hybridized carbons (Fsp3) is 0.538. The van der Waals surface area contributed by atoms with Gasteiger partial charge in [0.2, 0.25) is 0 Å². The Morgan fingerprint density at radius 2 is 2.10 bits per heavy atom. The highest BCUT2D eigenvalue weighted by molar-refractivity contribution is 5.53. The highest BCUT2D eigenvalue weighted by Gasteiger charge is 2.53. The molecule has 1 saturated heterocycles. The van der Waals surface area contributed by atoms with Crippen LogP contribution in [0.25, 0.3) is 0 Å². The van der Waals surface area contributed by atoms with E-state index in [1.165, 1.54) is 6.20 Å². The van der Waals surface area contributed by atoms with Crippen molar-refractivity contribution in [3.63, 3.8) is 0 Å². The first kappa shape index (κ1) is 14.6. The van der Waals surface area contributed by atoms with Crippen LogP contribution >= 0.6 is 0 Å². The lowest BCUT2D eigenvalue weighted by Crippen LogP contribution is -2.45. The predicted molar refractivity (Wildman–Crippen MR) is 66.0 cm³/mol. The molecule has 0 amide bonds. The van der Waals surface area contributed by atoms with Crippen molar-refractivity contribution >= 4 is 5.82 Å². The molecule has 1 aromatic heterocycles.